The summed E-state index contributed by atoms with van der Waals surface area (Å²) in [5.41, 5.74) is 0. The summed E-state index contributed by atoms with van der Waals surface area (Å²) in [5, 5.41) is 1.17. The minimum absolute atomic E-state index is 1.17. The molecule has 0 saturated heterocycles. The van der Waals surface area contributed by atoms with Gasteiger partial charge >= 0.3 is 0 Å². The molecule has 0 aromatic heterocycles. The molecule has 0 radical (unpaired) electrons. The van der Waals surface area contributed by atoms with Gasteiger partial charge in [0, 0.05) is 5.33 Å². The average molecular weight is 275 g/mol. The molecule has 0 nitrogen and oxygen atoms in total. The molecule has 0 amide bonds. The molecule has 0 aliphatic carbocycles. The Kier molecular flexibility index (Phi) is 14.4. The first-order valence-corrected chi connectivity index (χ1v) is 7.75. The third-order valence-corrected chi connectivity index (χ3v) is 3.21. The van der Waals surface area contributed by atoms with Crippen molar-refractivity contribution in [3.05, 3.63) is 12.2 Å². The molecular weight excluding hydrogens is 248 g/mol. The molecule has 15 heavy (non-hydrogen) atoms. The van der Waals surface area contributed by atoms with E-state index in [4.69, 9.17) is 0 Å². The zero-order chi connectivity index (χ0) is 11.2. The van der Waals surface area contributed by atoms with E-state index in [2.05, 4.69) is 35.0 Å². The minimum Gasteiger partial charge on any atom is -0.0928 e. The van der Waals surface area contributed by atoms with Crippen molar-refractivity contribution in [2.45, 2.75) is 71.1 Å². The first kappa shape index (κ1) is 15.2. The zero-order valence-corrected chi connectivity index (χ0v) is 11.9. The lowest BCUT2D eigenvalue weighted by atomic mass is 10.1. The summed E-state index contributed by atoms with van der Waals surface area (Å²) in [4.78, 5) is 0. The lowest BCUT2D eigenvalue weighted by Gasteiger charge is -1.98. The maximum absolute atomic E-state index is 3.46. The van der Waals surface area contributed by atoms with Gasteiger partial charge in [0.1, 0.15) is 0 Å². The molecule has 0 aliphatic rings. The Morgan fingerprint density at radius 1 is 0.733 bits per heavy atom. The summed E-state index contributed by atoms with van der Waals surface area (Å²) in [6, 6.07) is 0. The first-order chi connectivity index (χ1) is 7.41. The van der Waals surface area contributed by atoms with Crippen molar-refractivity contribution in [1.82, 2.24) is 0 Å². The second-order valence-electron chi connectivity index (χ2n) is 4.21. The molecule has 0 fully saturated rings. The maximum Gasteiger partial charge on any atom is 0.00313 e. The Labute approximate surface area is 105 Å². The van der Waals surface area contributed by atoms with Crippen molar-refractivity contribution in [2.75, 3.05) is 5.33 Å². The Hall–Kier alpha value is 0.220. The van der Waals surface area contributed by atoms with E-state index in [0.717, 1.165) is 0 Å². The van der Waals surface area contributed by atoms with Crippen LogP contribution in [0.25, 0.3) is 0 Å². The van der Waals surface area contributed by atoms with E-state index in [1.807, 2.05) is 0 Å². The third kappa shape index (κ3) is 14.2. The predicted molar refractivity (Wildman–Crippen MR) is 74.8 cm³/mol. The Morgan fingerprint density at radius 2 is 1.27 bits per heavy atom. The molecule has 0 unspecified atom stereocenters. The van der Waals surface area contributed by atoms with Crippen LogP contribution >= 0.6 is 15.9 Å². The number of hydrogen-bond donors (Lipinski definition) is 0. The summed E-state index contributed by atoms with van der Waals surface area (Å²) < 4.78 is 0. The van der Waals surface area contributed by atoms with Crippen LogP contribution in [0.5, 0.6) is 0 Å². The zero-order valence-electron chi connectivity index (χ0n) is 10.3. The van der Waals surface area contributed by atoms with Crippen molar-refractivity contribution in [1.29, 1.82) is 0 Å². The van der Waals surface area contributed by atoms with Crippen LogP contribution in [-0.2, 0) is 0 Å². The SMILES string of the molecule is CCCC/C=C/CCCCCCCCBr. The highest BCUT2D eigenvalue weighted by Gasteiger charge is 1.89. The number of rotatable bonds is 11. The van der Waals surface area contributed by atoms with Crippen LogP contribution in [0.3, 0.4) is 0 Å². The largest absolute Gasteiger partial charge is 0.0928 e. The highest BCUT2D eigenvalue weighted by Crippen LogP contribution is 2.08. The number of hydrogen-bond acceptors (Lipinski definition) is 0. The number of halogens is 1. The molecule has 90 valence electrons. The van der Waals surface area contributed by atoms with Gasteiger partial charge in [-0.25, -0.2) is 0 Å². The molecule has 0 rings (SSSR count). The second kappa shape index (κ2) is 14.2. The van der Waals surface area contributed by atoms with Crippen LogP contribution in [0, 0.1) is 0 Å². The summed E-state index contributed by atoms with van der Waals surface area (Å²) in [6.07, 6.45) is 18.4. The molecule has 0 heterocycles. The van der Waals surface area contributed by atoms with Crippen LogP contribution in [0.4, 0.5) is 0 Å². The van der Waals surface area contributed by atoms with Gasteiger partial charge in [0.25, 0.3) is 0 Å². The fourth-order valence-electron chi connectivity index (χ4n) is 1.62. The van der Waals surface area contributed by atoms with Crippen molar-refractivity contribution >= 4 is 15.9 Å². The topological polar surface area (TPSA) is 0 Å². The molecule has 0 N–H and O–H groups in total. The number of alkyl halides is 1. The molecule has 0 aliphatic heterocycles. The van der Waals surface area contributed by atoms with Gasteiger partial charge in [-0.1, -0.05) is 73.5 Å². The summed E-state index contributed by atoms with van der Waals surface area (Å²) in [6.45, 7) is 2.25. The van der Waals surface area contributed by atoms with Crippen LogP contribution in [-0.4, -0.2) is 5.33 Å². The van der Waals surface area contributed by atoms with E-state index in [-0.39, 0.29) is 0 Å². The summed E-state index contributed by atoms with van der Waals surface area (Å²) in [7, 11) is 0. The van der Waals surface area contributed by atoms with Crippen LogP contribution < -0.4 is 0 Å². The molecule has 0 spiro atoms. The molecule has 0 atom stereocenters. The van der Waals surface area contributed by atoms with Crippen molar-refractivity contribution in [3.8, 4) is 0 Å². The van der Waals surface area contributed by atoms with Crippen LogP contribution in [0.1, 0.15) is 71.1 Å². The number of unbranched alkanes of at least 4 members (excludes halogenated alkanes) is 8. The monoisotopic (exact) mass is 274 g/mol. The Morgan fingerprint density at radius 3 is 1.87 bits per heavy atom. The highest BCUT2D eigenvalue weighted by atomic mass is 79.9. The lowest BCUT2D eigenvalue weighted by molar-refractivity contribution is 0.613. The molecule has 0 bridgehead atoms. The third-order valence-electron chi connectivity index (χ3n) is 2.65. The number of allylic oxidation sites excluding steroid dienone is 2. The first-order valence-electron chi connectivity index (χ1n) is 6.62. The van der Waals surface area contributed by atoms with Gasteiger partial charge < -0.3 is 0 Å². The summed E-state index contributed by atoms with van der Waals surface area (Å²) >= 11 is 3.46. The molecule has 0 saturated carbocycles. The minimum atomic E-state index is 1.17. The van der Waals surface area contributed by atoms with Gasteiger partial charge in [-0.15, -0.1) is 0 Å². The quantitative estimate of drug-likeness (QED) is 0.252. The van der Waals surface area contributed by atoms with Crippen molar-refractivity contribution in [3.63, 3.8) is 0 Å². The lowest BCUT2D eigenvalue weighted by Crippen LogP contribution is -1.80. The van der Waals surface area contributed by atoms with E-state index in [0.29, 0.717) is 0 Å². The average Bonchev–Trinajstić information content (AvgIpc) is 2.26. The predicted octanol–water partition coefficient (Wildman–Crippen LogP) is 5.86. The maximum atomic E-state index is 3.46. The molecular formula is C14H27Br. The van der Waals surface area contributed by atoms with Gasteiger partial charge in [0.15, 0.2) is 0 Å². The molecule has 0 aromatic rings. The normalized spacial score (nSPS) is 11.3. The van der Waals surface area contributed by atoms with Gasteiger partial charge in [-0.2, -0.15) is 0 Å². The van der Waals surface area contributed by atoms with E-state index in [1.165, 1.54) is 69.5 Å². The standard InChI is InChI=1S/C14H27Br/c1-2-3-4-5-6-7-8-9-10-11-12-13-14-15/h5-6H,2-4,7-14H2,1H3/b6-5+. The van der Waals surface area contributed by atoms with Gasteiger partial charge in [0.05, 0.1) is 0 Å². The smallest absolute Gasteiger partial charge is 0.00313 e. The van der Waals surface area contributed by atoms with E-state index >= 15 is 0 Å². The fourth-order valence-corrected chi connectivity index (χ4v) is 2.02. The van der Waals surface area contributed by atoms with Gasteiger partial charge in [0.2, 0.25) is 0 Å². The van der Waals surface area contributed by atoms with E-state index in [1.54, 1.807) is 0 Å². The van der Waals surface area contributed by atoms with E-state index < -0.39 is 0 Å². The Balaban J connectivity index is 2.95. The molecule has 1 heteroatoms. The fraction of sp³-hybridized carbons (Fsp3) is 0.857. The Bertz CT molecular complexity index is 129. The van der Waals surface area contributed by atoms with Crippen molar-refractivity contribution < 1.29 is 0 Å². The van der Waals surface area contributed by atoms with Crippen molar-refractivity contribution in [2.24, 2.45) is 0 Å². The van der Waals surface area contributed by atoms with Crippen LogP contribution in [0.15, 0.2) is 12.2 Å². The summed E-state index contributed by atoms with van der Waals surface area (Å²) in [5.74, 6) is 0. The van der Waals surface area contributed by atoms with E-state index in [9.17, 15) is 0 Å². The van der Waals surface area contributed by atoms with Gasteiger partial charge in [-0.3, -0.25) is 0 Å². The van der Waals surface area contributed by atoms with Crippen LogP contribution in [0.2, 0.25) is 0 Å². The second-order valence-corrected chi connectivity index (χ2v) is 5.01. The molecule has 0 aromatic carbocycles. The van der Waals surface area contributed by atoms with Gasteiger partial charge in [-0.05, 0) is 25.7 Å². The highest BCUT2D eigenvalue weighted by molar-refractivity contribution is 9.09.